The fourth-order valence-electron chi connectivity index (χ4n) is 10.0. The van der Waals surface area contributed by atoms with Gasteiger partial charge in [-0.15, -0.1) is 6.58 Å². The third-order valence-corrected chi connectivity index (χ3v) is 12.4. The van der Waals surface area contributed by atoms with Crippen molar-refractivity contribution in [3.8, 4) is 0 Å². The van der Waals surface area contributed by atoms with Crippen molar-refractivity contribution in [2.45, 2.75) is 105 Å². The van der Waals surface area contributed by atoms with E-state index < -0.39 is 0 Å². The molecule has 3 nitrogen and oxygen atoms in total. The van der Waals surface area contributed by atoms with Gasteiger partial charge in [0.2, 0.25) is 0 Å². The minimum atomic E-state index is 0.0316. The van der Waals surface area contributed by atoms with Crippen molar-refractivity contribution in [3.63, 3.8) is 0 Å². The van der Waals surface area contributed by atoms with Crippen LogP contribution in [-0.4, -0.2) is 18.4 Å². The number of rotatable bonds is 4. The highest BCUT2D eigenvalue weighted by Gasteiger charge is 2.77. The maximum Gasteiger partial charge on any atom is 0.293 e. The molecule has 0 aromatic carbocycles. The first-order valence-corrected chi connectivity index (χ1v) is 12.1. The van der Waals surface area contributed by atoms with Gasteiger partial charge in [0.15, 0.2) is 0 Å². The van der Waals surface area contributed by atoms with Gasteiger partial charge in [-0.3, -0.25) is 9.59 Å². The first-order chi connectivity index (χ1) is 13.9. The Morgan fingerprint density at radius 3 is 2.17 bits per heavy atom. The quantitative estimate of drug-likeness (QED) is 0.389. The molecule has 30 heavy (non-hydrogen) atoms. The second kappa shape index (κ2) is 6.45. The summed E-state index contributed by atoms with van der Waals surface area (Å²) in [5.74, 6) is 0.559. The molecule has 0 unspecified atom stereocenters. The monoisotopic (exact) mass is 414 g/mol. The summed E-state index contributed by atoms with van der Waals surface area (Å²) in [6.07, 6.45) is 12.1. The van der Waals surface area contributed by atoms with Crippen LogP contribution in [0.2, 0.25) is 0 Å². The van der Waals surface area contributed by atoms with E-state index in [2.05, 4.69) is 47.3 Å². The topological polar surface area (TPSA) is 43.4 Å². The van der Waals surface area contributed by atoms with Gasteiger partial charge < -0.3 is 4.74 Å². The van der Waals surface area contributed by atoms with Crippen LogP contribution in [0.25, 0.3) is 0 Å². The average Bonchev–Trinajstić information content (AvgIpc) is 2.96. The lowest BCUT2D eigenvalue weighted by atomic mass is 9.27. The van der Waals surface area contributed by atoms with Crippen molar-refractivity contribution in [3.05, 3.63) is 12.7 Å². The van der Waals surface area contributed by atoms with Crippen LogP contribution in [0, 0.1) is 38.4 Å². The van der Waals surface area contributed by atoms with E-state index in [9.17, 15) is 9.59 Å². The molecule has 0 spiro atoms. The van der Waals surface area contributed by atoms with Crippen LogP contribution >= 0.6 is 0 Å². The smallest absolute Gasteiger partial charge is 0.293 e. The molecular weight excluding hydrogens is 372 g/mol. The van der Waals surface area contributed by atoms with Gasteiger partial charge in [-0.05, 0) is 97.2 Å². The van der Waals surface area contributed by atoms with Crippen molar-refractivity contribution >= 4 is 12.3 Å². The molecule has 4 rings (SSSR count). The Hall–Kier alpha value is -1.12. The largest absolute Gasteiger partial charge is 0.465 e. The van der Waals surface area contributed by atoms with Crippen LogP contribution in [0.1, 0.15) is 99.3 Å². The predicted molar refractivity (Wildman–Crippen MR) is 120 cm³/mol. The third kappa shape index (κ3) is 2.18. The van der Waals surface area contributed by atoms with Gasteiger partial charge in [0.05, 0.1) is 0 Å². The number of hydrogen-bond donors (Lipinski definition) is 0. The number of ketones is 1. The highest BCUT2D eigenvalue weighted by molar-refractivity contribution is 5.80. The van der Waals surface area contributed by atoms with Crippen LogP contribution < -0.4 is 0 Å². The Labute approximate surface area is 183 Å². The summed E-state index contributed by atoms with van der Waals surface area (Å²) in [7, 11) is 0. The number of Topliss-reactive ketones (excluding diaryl/α,β-unsaturated/α-hetero) is 1. The number of hydrogen-bond acceptors (Lipinski definition) is 3. The molecule has 0 aliphatic heterocycles. The van der Waals surface area contributed by atoms with Crippen molar-refractivity contribution in [2.24, 2.45) is 38.4 Å². The van der Waals surface area contributed by atoms with Crippen molar-refractivity contribution < 1.29 is 14.3 Å². The molecule has 0 bridgehead atoms. The summed E-state index contributed by atoms with van der Waals surface area (Å²) in [6, 6.07) is 0. The van der Waals surface area contributed by atoms with Crippen molar-refractivity contribution in [2.75, 3.05) is 0 Å². The molecule has 0 radical (unpaired) electrons. The minimum Gasteiger partial charge on any atom is -0.465 e. The Balaban J connectivity index is 1.84. The van der Waals surface area contributed by atoms with E-state index in [0.717, 1.165) is 57.8 Å². The first-order valence-electron chi connectivity index (χ1n) is 12.1. The number of carbonyl (C=O) groups excluding carboxylic acids is 2. The van der Waals surface area contributed by atoms with E-state index in [4.69, 9.17) is 4.74 Å². The fourth-order valence-corrected chi connectivity index (χ4v) is 10.0. The SMILES string of the molecule is C=C[C@@]12CC[C@@]3(C)C[C@H](OC=O)CC[C@]3(C)[C@@]1(C)CC[C@]1(C)[C@@H](C(C)=O)CC[C@@]21C. The highest BCUT2D eigenvalue weighted by atomic mass is 16.5. The second-order valence-corrected chi connectivity index (χ2v) is 12.4. The van der Waals surface area contributed by atoms with Gasteiger partial charge in [-0.2, -0.15) is 0 Å². The molecule has 0 N–H and O–H groups in total. The van der Waals surface area contributed by atoms with Crippen molar-refractivity contribution in [1.82, 2.24) is 0 Å². The normalized spacial score (nSPS) is 55.0. The van der Waals surface area contributed by atoms with E-state index in [0.29, 0.717) is 12.3 Å². The summed E-state index contributed by atoms with van der Waals surface area (Å²) in [4.78, 5) is 23.7. The van der Waals surface area contributed by atoms with Crippen LogP contribution in [-0.2, 0) is 14.3 Å². The summed E-state index contributed by atoms with van der Waals surface area (Å²) in [6.45, 7) is 19.4. The maximum absolute atomic E-state index is 12.7. The summed E-state index contributed by atoms with van der Waals surface area (Å²) in [5, 5.41) is 0. The molecule has 4 saturated carbocycles. The minimum absolute atomic E-state index is 0.0316. The van der Waals surface area contributed by atoms with E-state index in [1.165, 1.54) is 0 Å². The van der Waals surface area contributed by atoms with E-state index in [1.807, 2.05) is 6.92 Å². The molecule has 0 amide bonds. The molecule has 4 fully saturated rings. The van der Waals surface area contributed by atoms with Gasteiger partial charge in [0.1, 0.15) is 11.9 Å². The highest BCUT2D eigenvalue weighted by Crippen LogP contribution is 2.84. The van der Waals surface area contributed by atoms with Gasteiger partial charge in [0, 0.05) is 5.92 Å². The average molecular weight is 415 g/mol. The number of fused-ring (bicyclic) bond motifs is 5. The van der Waals surface area contributed by atoms with Crippen molar-refractivity contribution in [1.29, 1.82) is 0 Å². The Morgan fingerprint density at radius 1 is 0.900 bits per heavy atom. The molecule has 4 aliphatic carbocycles. The zero-order valence-corrected chi connectivity index (χ0v) is 20.1. The zero-order valence-electron chi connectivity index (χ0n) is 20.1. The van der Waals surface area contributed by atoms with Crippen LogP contribution in [0.3, 0.4) is 0 Å². The Bertz CT molecular complexity index is 774. The maximum atomic E-state index is 12.7. The Morgan fingerprint density at radius 2 is 1.57 bits per heavy atom. The molecule has 3 heteroatoms. The van der Waals surface area contributed by atoms with Crippen LogP contribution in [0.5, 0.6) is 0 Å². The Kier molecular flexibility index (Phi) is 4.75. The summed E-state index contributed by atoms with van der Waals surface area (Å²) >= 11 is 0. The lowest BCUT2D eigenvalue weighted by molar-refractivity contribution is -0.277. The standard InChI is InChI=1S/C27H42O3/c1-8-27-16-13-22(3)17-20(30-18-28)9-11-24(22,5)26(27,7)15-14-23(4)21(19(2)29)10-12-25(23,27)6/h8,18,20-21H,1,9-17H2,2-7H3/t20-,21-,22+,23-,24+,25-,26-,27+/m1/s1. The predicted octanol–water partition coefficient (Wildman–Crippen LogP) is 6.50. The van der Waals surface area contributed by atoms with Gasteiger partial charge in [-0.1, -0.05) is 40.7 Å². The first kappa shape index (κ1) is 22.1. The molecule has 0 saturated heterocycles. The van der Waals surface area contributed by atoms with Gasteiger partial charge in [-0.25, -0.2) is 0 Å². The molecular formula is C27H42O3. The second-order valence-electron chi connectivity index (χ2n) is 12.4. The summed E-state index contributed by atoms with van der Waals surface area (Å²) in [5.41, 5.74) is 0.612. The molecule has 8 atom stereocenters. The van der Waals surface area contributed by atoms with E-state index >= 15 is 0 Å². The molecule has 0 heterocycles. The molecule has 4 aliphatic rings. The lowest BCUT2D eigenvalue weighted by Gasteiger charge is -2.77. The number of allylic oxidation sites excluding steroid dienone is 1. The third-order valence-electron chi connectivity index (χ3n) is 12.4. The fraction of sp³-hybridized carbons (Fsp3) is 0.852. The number of carbonyl (C=O) groups is 2. The zero-order chi connectivity index (χ0) is 22.2. The molecule has 0 aromatic heterocycles. The molecule has 0 aromatic rings. The van der Waals surface area contributed by atoms with Gasteiger partial charge in [0.25, 0.3) is 6.47 Å². The lowest BCUT2D eigenvalue weighted by Crippen LogP contribution is -2.71. The van der Waals surface area contributed by atoms with Crippen LogP contribution in [0.15, 0.2) is 12.7 Å². The van der Waals surface area contributed by atoms with E-state index in [-0.39, 0.29) is 44.5 Å². The number of ether oxygens (including phenoxy) is 1. The van der Waals surface area contributed by atoms with Crippen LogP contribution in [0.4, 0.5) is 0 Å². The van der Waals surface area contributed by atoms with Gasteiger partial charge >= 0.3 is 0 Å². The molecule has 168 valence electrons. The summed E-state index contributed by atoms with van der Waals surface area (Å²) < 4.78 is 5.47. The van der Waals surface area contributed by atoms with E-state index in [1.54, 1.807) is 0 Å².